The summed E-state index contributed by atoms with van der Waals surface area (Å²) in [6, 6.07) is 10.0. The minimum absolute atomic E-state index is 0.333. The number of anilines is 1. The first-order valence-electron chi connectivity index (χ1n) is 6.99. The number of carbonyl (C=O) groups is 1. The molecule has 0 radical (unpaired) electrons. The van der Waals surface area contributed by atoms with Gasteiger partial charge in [0.05, 0.1) is 12.7 Å². The molecule has 0 saturated carbocycles. The van der Waals surface area contributed by atoms with Crippen molar-refractivity contribution < 1.29 is 9.18 Å². The van der Waals surface area contributed by atoms with Crippen LogP contribution < -0.4 is 5.32 Å². The van der Waals surface area contributed by atoms with Crippen LogP contribution in [0.5, 0.6) is 0 Å². The highest BCUT2D eigenvalue weighted by Crippen LogP contribution is 2.13. The van der Waals surface area contributed by atoms with Gasteiger partial charge in [-0.25, -0.2) is 9.07 Å². The molecular formula is C17H14FN3OS. The predicted octanol–water partition coefficient (Wildman–Crippen LogP) is 3.78. The lowest BCUT2D eigenvalue weighted by Crippen LogP contribution is -2.13. The number of halogens is 1. The van der Waals surface area contributed by atoms with Crippen LogP contribution in [0.3, 0.4) is 0 Å². The number of hydrogen-bond donors (Lipinski definition) is 1. The third-order valence-corrected chi connectivity index (χ3v) is 3.93. The number of thiophene rings is 1. The molecule has 23 heavy (non-hydrogen) atoms. The Labute approximate surface area is 136 Å². The van der Waals surface area contributed by atoms with Crippen LogP contribution in [0.4, 0.5) is 10.2 Å². The molecule has 2 aromatic heterocycles. The molecule has 1 amide bonds. The Morgan fingerprint density at radius 1 is 1.30 bits per heavy atom. The Kier molecular flexibility index (Phi) is 4.63. The van der Waals surface area contributed by atoms with E-state index in [0.29, 0.717) is 17.9 Å². The summed E-state index contributed by atoms with van der Waals surface area (Å²) in [6.07, 6.45) is 4.38. The zero-order valence-corrected chi connectivity index (χ0v) is 13.0. The summed E-state index contributed by atoms with van der Waals surface area (Å²) >= 11 is 1.61. The fourth-order valence-corrected chi connectivity index (χ4v) is 2.72. The minimum Gasteiger partial charge on any atom is -0.307 e. The molecule has 0 aliphatic rings. The first-order chi connectivity index (χ1) is 11.2. The third kappa shape index (κ3) is 3.92. The quantitative estimate of drug-likeness (QED) is 0.725. The molecular weight excluding hydrogens is 313 g/mol. The van der Waals surface area contributed by atoms with E-state index in [-0.39, 0.29) is 11.7 Å². The molecule has 0 fully saturated rings. The van der Waals surface area contributed by atoms with Gasteiger partial charge in [-0.1, -0.05) is 18.2 Å². The standard InChI is InChI=1S/C17H14FN3OS/c18-15-4-2-1-3-14(15)5-6-17(22)20-16-7-9-19-21(16)11-13-8-10-23-12-13/h1-10,12H,11H2,(H,20,22). The summed E-state index contributed by atoms with van der Waals surface area (Å²) in [5, 5.41) is 11.0. The maximum Gasteiger partial charge on any atom is 0.249 e. The number of amides is 1. The lowest BCUT2D eigenvalue weighted by Gasteiger charge is -2.06. The molecule has 4 nitrogen and oxygen atoms in total. The molecule has 3 rings (SSSR count). The normalized spacial score (nSPS) is 11.0. The topological polar surface area (TPSA) is 46.9 Å². The first-order valence-corrected chi connectivity index (χ1v) is 7.93. The number of aromatic nitrogens is 2. The van der Waals surface area contributed by atoms with E-state index in [1.54, 1.807) is 46.5 Å². The van der Waals surface area contributed by atoms with Crippen LogP contribution in [0.15, 0.2) is 59.4 Å². The van der Waals surface area contributed by atoms with Gasteiger partial charge in [-0.15, -0.1) is 0 Å². The Bertz CT molecular complexity index is 824. The van der Waals surface area contributed by atoms with E-state index in [1.165, 1.54) is 18.2 Å². The van der Waals surface area contributed by atoms with Crippen molar-refractivity contribution in [1.82, 2.24) is 9.78 Å². The predicted molar refractivity (Wildman–Crippen MR) is 89.7 cm³/mol. The highest BCUT2D eigenvalue weighted by atomic mass is 32.1. The summed E-state index contributed by atoms with van der Waals surface area (Å²) in [5.74, 6) is -0.0984. The van der Waals surface area contributed by atoms with Crippen molar-refractivity contribution in [3.63, 3.8) is 0 Å². The molecule has 0 aliphatic heterocycles. The maximum atomic E-state index is 13.5. The summed E-state index contributed by atoms with van der Waals surface area (Å²) in [4.78, 5) is 12.0. The average Bonchev–Trinajstić information content (AvgIpc) is 3.20. The zero-order chi connectivity index (χ0) is 16.1. The second-order valence-corrected chi connectivity index (χ2v) is 5.63. The van der Waals surface area contributed by atoms with E-state index >= 15 is 0 Å². The minimum atomic E-state index is -0.362. The Balaban J connectivity index is 1.67. The van der Waals surface area contributed by atoms with E-state index in [4.69, 9.17) is 0 Å². The van der Waals surface area contributed by atoms with Crippen LogP contribution in [-0.4, -0.2) is 15.7 Å². The number of nitrogens with zero attached hydrogens (tertiary/aromatic N) is 2. The Morgan fingerprint density at radius 3 is 2.96 bits per heavy atom. The van der Waals surface area contributed by atoms with Crippen molar-refractivity contribution in [2.75, 3.05) is 5.32 Å². The SMILES string of the molecule is O=C(C=Cc1ccccc1F)Nc1ccnn1Cc1ccsc1. The van der Waals surface area contributed by atoms with Gasteiger partial charge >= 0.3 is 0 Å². The van der Waals surface area contributed by atoms with Crippen LogP contribution in [0.1, 0.15) is 11.1 Å². The van der Waals surface area contributed by atoms with Crippen molar-refractivity contribution in [3.8, 4) is 0 Å². The third-order valence-electron chi connectivity index (χ3n) is 3.20. The van der Waals surface area contributed by atoms with Gasteiger partial charge in [-0.2, -0.15) is 16.4 Å². The van der Waals surface area contributed by atoms with E-state index in [2.05, 4.69) is 10.4 Å². The fraction of sp³-hybridized carbons (Fsp3) is 0.0588. The van der Waals surface area contributed by atoms with Gasteiger partial charge in [0.25, 0.3) is 0 Å². The monoisotopic (exact) mass is 327 g/mol. The number of carbonyl (C=O) groups excluding carboxylic acids is 1. The summed E-state index contributed by atoms with van der Waals surface area (Å²) in [7, 11) is 0. The summed E-state index contributed by atoms with van der Waals surface area (Å²) < 4.78 is 15.2. The fourth-order valence-electron chi connectivity index (χ4n) is 2.06. The molecule has 0 unspecified atom stereocenters. The summed E-state index contributed by atoms with van der Waals surface area (Å²) in [5.41, 5.74) is 1.49. The van der Waals surface area contributed by atoms with Crippen LogP contribution >= 0.6 is 11.3 Å². The molecule has 1 aromatic carbocycles. The molecule has 0 atom stereocenters. The second-order valence-electron chi connectivity index (χ2n) is 4.85. The van der Waals surface area contributed by atoms with Crippen molar-refractivity contribution in [1.29, 1.82) is 0 Å². The van der Waals surface area contributed by atoms with Crippen molar-refractivity contribution in [2.45, 2.75) is 6.54 Å². The second kappa shape index (κ2) is 7.02. The molecule has 2 heterocycles. The van der Waals surface area contributed by atoms with Crippen LogP contribution in [0.2, 0.25) is 0 Å². The highest BCUT2D eigenvalue weighted by molar-refractivity contribution is 7.07. The lowest BCUT2D eigenvalue weighted by atomic mass is 10.2. The molecule has 0 aliphatic carbocycles. The molecule has 1 N–H and O–H groups in total. The van der Waals surface area contributed by atoms with Gasteiger partial charge in [0, 0.05) is 17.7 Å². The molecule has 3 aromatic rings. The molecule has 6 heteroatoms. The van der Waals surface area contributed by atoms with Gasteiger partial charge in [0.1, 0.15) is 11.6 Å². The van der Waals surface area contributed by atoms with E-state index < -0.39 is 0 Å². The Hall–Kier alpha value is -2.73. The highest BCUT2D eigenvalue weighted by Gasteiger charge is 2.06. The van der Waals surface area contributed by atoms with Crippen LogP contribution in [0, 0.1) is 5.82 Å². The van der Waals surface area contributed by atoms with E-state index in [0.717, 1.165) is 5.56 Å². The van der Waals surface area contributed by atoms with Crippen molar-refractivity contribution in [3.05, 3.63) is 76.4 Å². The average molecular weight is 327 g/mol. The van der Waals surface area contributed by atoms with Gasteiger partial charge in [-0.05, 0) is 34.5 Å². The smallest absolute Gasteiger partial charge is 0.249 e. The molecule has 0 bridgehead atoms. The lowest BCUT2D eigenvalue weighted by molar-refractivity contribution is -0.111. The van der Waals surface area contributed by atoms with Crippen molar-refractivity contribution in [2.24, 2.45) is 0 Å². The molecule has 116 valence electrons. The van der Waals surface area contributed by atoms with Crippen molar-refractivity contribution >= 4 is 29.1 Å². The maximum absolute atomic E-state index is 13.5. The first kappa shape index (κ1) is 15.2. The van der Waals surface area contributed by atoms with Gasteiger partial charge < -0.3 is 5.32 Å². The number of benzene rings is 1. The number of nitrogens with one attached hydrogen (secondary N) is 1. The van der Waals surface area contributed by atoms with Crippen LogP contribution in [-0.2, 0) is 11.3 Å². The Morgan fingerprint density at radius 2 is 2.17 bits per heavy atom. The van der Waals surface area contributed by atoms with Crippen LogP contribution in [0.25, 0.3) is 6.08 Å². The van der Waals surface area contributed by atoms with Gasteiger partial charge in [0.15, 0.2) is 0 Å². The molecule has 0 spiro atoms. The van der Waals surface area contributed by atoms with Gasteiger partial charge in [0.2, 0.25) is 5.91 Å². The van der Waals surface area contributed by atoms with E-state index in [1.807, 2.05) is 16.8 Å². The number of hydrogen-bond acceptors (Lipinski definition) is 3. The number of rotatable bonds is 5. The van der Waals surface area contributed by atoms with E-state index in [9.17, 15) is 9.18 Å². The molecule has 0 saturated heterocycles. The summed E-state index contributed by atoms with van der Waals surface area (Å²) in [6.45, 7) is 0.586. The zero-order valence-electron chi connectivity index (χ0n) is 12.1. The largest absolute Gasteiger partial charge is 0.307 e. The van der Waals surface area contributed by atoms with Gasteiger partial charge in [-0.3, -0.25) is 4.79 Å².